The van der Waals surface area contributed by atoms with Gasteiger partial charge in [0.25, 0.3) is 0 Å². The first-order valence-electron chi connectivity index (χ1n) is 6.96. The van der Waals surface area contributed by atoms with Crippen LogP contribution in [0.25, 0.3) is 21.5 Å². The Hall–Kier alpha value is -2.20. The molecule has 3 aromatic rings. The number of esters is 1. The molecule has 0 heterocycles. The van der Waals surface area contributed by atoms with E-state index in [1.165, 1.54) is 7.11 Å². The third-order valence-electron chi connectivity index (χ3n) is 3.77. The maximum absolute atomic E-state index is 11.6. The van der Waals surface area contributed by atoms with Gasteiger partial charge in [0, 0.05) is 0 Å². The maximum Gasteiger partial charge on any atom is 0.337 e. The van der Waals surface area contributed by atoms with Crippen LogP contribution in [0.3, 0.4) is 0 Å². The Morgan fingerprint density at radius 3 is 2.48 bits per heavy atom. The molecule has 0 aromatic heterocycles. The molecule has 0 fully saturated rings. The summed E-state index contributed by atoms with van der Waals surface area (Å²) < 4.78 is 16.0. The summed E-state index contributed by atoms with van der Waals surface area (Å²) in [5, 5.41) is 3.48. The molecule has 0 radical (unpaired) electrons. The number of benzene rings is 3. The molecule has 23 heavy (non-hydrogen) atoms. The minimum atomic E-state index is -4.14. The Morgan fingerprint density at radius 2 is 1.78 bits per heavy atom. The van der Waals surface area contributed by atoms with Gasteiger partial charge in [0.1, 0.15) is 0 Å². The van der Waals surface area contributed by atoms with Gasteiger partial charge in [-0.15, -0.1) is 0 Å². The van der Waals surface area contributed by atoms with Gasteiger partial charge < -0.3 is 14.5 Å². The second kappa shape index (κ2) is 5.78. The number of carbonyl (C=O) groups excluding carboxylic acids is 1. The van der Waals surface area contributed by atoms with E-state index in [0.29, 0.717) is 11.1 Å². The number of fused-ring (bicyclic) bond motifs is 3. The molecule has 0 saturated carbocycles. The highest BCUT2D eigenvalue weighted by atomic mass is 31.2. The van der Waals surface area contributed by atoms with Crippen LogP contribution in [0.1, 0.15) is 15.9 Å². The molecular formula is C17H15O5P. The molecule has 0 spiro atoms. The fourth-order valence-corrected chi connectivity index (χ4v) is 3.49. The summed E-state index contributed by atoms with van der Waals surface area (Å²) in [4.78, 5) is 30.1. The molecule has 0 aliphatic carbocycles. The topological polar surface area (TPSA) is 83.8 Å². The minimum absolute atomic E-state index is 0.296. The summed E-state index contributed by atoms with van der Waals surface area (Å²) in [5.41, 5.74) is 1.07. The molecule has 0 bridgehead atoms. The number of hydrogen-bond donors (Lipinski definition) is 2. The molecule has 0 saturated heterocycles. The third-order valence-corrected chi connectivity index (χ3v) is 4.52. The summed E-state index contributed by atoms with van der Waals surface area (Å²) in [6.45, 7) is 0. The van der Waals surface area contributed by atoms with Gasteiger partial charge in [0.15, 0.2) is 0 Å². The lowest BCUT2D eigenvalue weighted by atomic mass is 9.98. The van der Waals surface area contributed by atoms with E-state index in [-0.39, 0.29) is 6.16 Å². The summed E-state index contributed by atoms with van der Waals surface area (Å²) in [5.74, 6) is -0.401. The van der Waals surface area contributed by atoms with Gasteiger partial charge in [0.2, 0.25) is 0 Å². The first kappa shape index (κ1) is 15.7. The van der Waals surface area contributed by atoms with Crippen molar-refractivity contribution in [3.8, 4) is 0 Å². The van der Waals surface area contributed by atoms with Crippen molar-refractivity contribution in [2.24, 2.45) is 0 Å². The van der Waals surface area contributed by atoms with Crippen molar-refractivity contribution in [1.29, 1.82) is 0 Å². The molecule has 2 N–H and O–H groups in total. The van der Waals surface area contributed by atoms with Crippen molar-refractivity contribution in [2.75, 3.05) is 7.11 Å². The lowest BCUT2D eigenvalue weighted by Crippen LogP contribution is -2.00. The van der Waals surface area contributed by atoms with Crippen molar-refractivity contribution in [2.45, 2.75) is 6.16 Å². The van der Waals surface area contributed by atoms with E-state index in [1.807, 2.05) is 24.3 Å². The SMILES string of the molecule is COC(=O)c1ccc2c(ccc3c(CP(=O)(O)O)cccc32)c1. The fourth-order valence-electron chi connectivity index (χ4n) is 2.77. The number of methoxy groups -OCH3 is 1. The third kappa shape index (κ3) is 3.13. The fraction of sp³-hybridized carbons (Fsp3) is 0.118. The van der Waals surface area contributed by atoms with E-state index >= 15 is 0 Å². The molecule has 5 nitrogen and oxygen atoms in total. The molecule has 0 aliphatic rings. The van der Waals surface area contributed by atoms with E-state index in [2.05, 4.69) is 0 Å². The molecule has 0 aliphatic heterocycles. The standard InChI is InChI=1S/C17H15O5P/c1-22-17(18)12-6-8-14-11(9-12)5-7-15-13(10-23(19,20)21)3-2-4-16(14)15/h2-9H,10H2,1H3,(H2,19,20,21). The molecule has 6 heteroatoms. The number of ether oxygens (including phenoxy) is 1. The molecule has 0 atom stereocenters. The van der Waals surface area contributed by atoms with Crippen molar-refractivity contribution in [3.63, 3.8) is 0 Å². The molecule has 3 rings (SSSR count). The van der Waals surface area contributed by atoms with Crippen molar-refractivity contribution >= 4 is 35.1 Å². The number of hydrogen-bond acceptors (Lipinski definition) is 3. The summed E-state index contributed by atoms with van der Waals surface area (Å²) in [7, 11) is -2.80. The minimum Gasteiger partial charge on any atom is -0.465 e. The van der Waals surface area contributed by atoms with Crippen molar-refractivity contribution in [1.82, 2.24) is 0 Å². The van der Waals surface area contributed by atoms with Gasteiger partial charge in [-0.3, -0.25) is 4.57 Å². The Bertz CT molecular complexity index is 958. The van der Waals surface area contributed by atoms with E-state index in [9.17, 15) is 19.1 Å². The molecule has 0 amide bonds. The van der Waals surface area contributed by atoms with Gasteiger partial charge in [-0.05, 0) is 39.2 Å². The van der Waals surface area contributed by atoms with E-state index in [0.717, 1.165) is 21.5 Å². The van der Waals surface area contributed by atoms with Gasteiger partial charge in [0.05, 0.1) is 18.8 Å². The van der Waals surface area contributed by atoms with Crippen LogP contribution in [-0.4, -0.2) is 22.9 Å². The van der Waals surface area contributed by atoms with Crippen LogP contribution in [0.5, 0.6) is 0 Å². The van der Waals surface area contributed by atoms with Gasteiger partial charge >= 0.3 is 13.6 Å². The highest BCUT2D eigenvalue weighted by molar-refractivity contribution is 7.50. The zero-order valence-corrected chi connectivity index (χ0v) is 13.3. The van der Waals surface area contributed by atoms with Crippen LogP contribution in [0.4, 0.5) is 0 Å². The highest BCUT2D eigenvalue weighted by Gasteiger charge is 2.16. The quantitative estimate of drug-likeness (QED) is 0.436. The van der Waals surface area contributed by atoms with E-state index < -0.39 is 13.6 Å². The van der Waals surface area contributed by atoms with Crippen LogP contribution in [0.2, 0.25) is 0 Å². The van der Waals surface area contributed by atoms with Crippen LogP contribution < -0.4 is 0 Å². The smallest absolute Gasteiger partial charge is 0.337 e. The number of carbonyl (C=O) groups is 1. The predicted octanol–water partition coefficient (Wildman–Crippen LogP) is 3.46. The summed E-state index contributed by atoms with van der Waals surface area (Å²) >= 11 is 0. The zero-order chi connectivity index (χ0) is 16.6. The Labute approximate surface area is 132 Å². The average Bonchev–Trinajstić information content (AvgIpc) is 2.52. The molecule has 3 aromatic carbocycles. The highest BCUT2D eigenvalue weighted by Crippen LogP contribution is 2.41. The first-order chi connectivity index (χ1) is 10.9. The van der Waals surface area contributed by atoms with Crippen LogP contribution >= 0.6 is 7.60 Å². The maximum atomic E-state index is 11.6. The van der Waals surface area contributed by atoms with E-state index in [4.69, 9.17) is 4.74 Å². The average molecular weight is 330 g/mol. The van der Waals surface area contributed by atoms with Crippen molar-refractivity contribution in [3.05, 3.63) is 59.7 Å². The lowest BCUT2D eigenvalue weighted by molar-refractivity contribution is 0.0601. The first-order valence-corrected chi connectivity index (χ1v) is 8.76. The van der Waals surface area contributed by atoms with E-state index in [1.54, 1.807) is 24.3 Å². The van der Waals surface area contributed by atoms with Crippen LogP contribution in [0, 0.1) is 0 Å². The van der Waals surface area contributed by atoms with Gasteiger partial charge in [-0.1, -0.05) is 36.4 Å². The molecular weight excluding hydrogens is 315 g/mol. The Morgan fingerprint density at radius 1 is 1.04 bits per heavy atom. The normalized spacial score (nSPS) is 11.8. The largest absolute Gasteiger partial charge is 0.465 e. The second-order valence-corrected chi connectivity index (χ2v) is 6.97. The molecule has 0 unspecified atom stereocenters. The molecule has 118 valence electrons. The van der Waals surface area contributed by atoms with Crippen molar-refractivity contribution < 1.29 is 23.9 Å². The Balaban J connectivity index is 2.22. The van der Waals surface area contributed by atoms with Crippen LogP contribution in [0.15, 0.2) is 48.5 Å². The number of rotatable bonds is 3. The Kier molecular flexibility index (Phi) is 3.94. The van der Waals surface area contributed by atoms with Gasteiger partial charge in [-0.2, -0.15) is 0 Å². The zero-order valence-electron chi connectivity index (χ0n) is 12.4. The van der Waals surface area contributed by atoms with Crippen LogP contribution in [-0.2, 0) is 15.5 Å². The summed E-state index contributed by atoms with van der Waals surface area (Å²) in [6.07, 6.45) is -0.296. The monoisotopic (exact) mass is 330 g/mol. The lowest BCUT2D eigenvalue weighted by Gasteiger charge is -2.11. The second-order valence-electron chi connectivity index (χ2n) is 5.33. The van der Waals surface area contributed by atoms with Gasteiger partial charge in [-0.25, -0.2) is 4.79 Å². The predicted molar refractivity (Wildman–Crippen MR) is 88.5 cm³/mol. The summed E-state index contributed by atoms with van der Waals surface area (Å²) in [6, 6.07) is 14.3.